The van der Waals surface area contributed by atoms with Crippen LogP contribution >= 0.6 is 11.3 Å². The highest BCUT2D eigenvalue weighted by Crippen LogP contribution is 2.26. The molecular weight excluding hydrogens is 256 g/mol. The van der Waals surface area contributed by atoms with Crippen LogP contribution in [0.2, 0.25) is 0 Å². The number of carboxylic acid groups (broad SMARTS) is 1. The van der Waals surface area contributed by atoms with Crippen LogP contribution in [0.5, 0.6) is 0 Å². The van der Waals surface area contributed by atoms with E-state index in [1.807, 2.05) is 29.6 Å². The highest BCUT2D eigenvalue weighted by atomic mass is 32.1. The van der Waals surface area contributed by atoms with Gasteiger partial charge in [0.25, 0.3) is 0 Å². The van der Waals surface area contributed by atoms with E-state index in [4.69, 9.17) is 0 Å². The van der Waals surface area contributed by atoms with Crippen molar-refractivity contribution in [2.45, 2.75) is 32.1 Å². The molecular formula is C16H18O2S. The fourth-order valence-electron chi connectivity index (χ4n) is 2.07. The minimum Gasteiger partial charge on any atom is -0.481 e. The van der Waals surface area contributed by atoms with E-state index >= 15 is 0 Å². The normalized spacial score (nSPS) is 12.6. The molecule has 0 radical (unpaired) electrons. The second-order valence-corrected chi connectivity index (χ2v) is 5.99. The number of carbonyl (C=O) groups is 1. The molecule has 2 aromatic rings. The van der Waals surface area contributed by atoms with Crippen molar-refractivity contribution in [3.63, 3.8) is 0 Å². The van der Waals surface area contributed by atoms with Crippen LogP contribution in [0.25, 0.3) is 0 Å². The molecule has 1 N–H and O–H groups in total. The van der Waals surface area contributed by atoms with Gasteiger partial charge in [0, 0.05) is 4.88 Å². The van der Waals surface area contributed by atoms with E-state index in [2.05, 4.69) is 26.0 Å². The summed E-state index contributed by atoms with van der Waals surface area (Å²) in [4.78, 5) is 12.3. The van der Waals surface area contributed by atoms with Crippen molar-refractivity contribution in [1.82, 2.24) is 0 Å². The van der Waals surface area contributed by atoms with E-state index in [0.29, 0.717) is 12.3 Å². The Morgan fingerprint density at radius 1 is 1.21 bits per heavy atom. The highest BCUT2D eigenvalue weighted by molar-refractivity contribution is 7.10. The molecule has 3 heteroatoms. The van der Waals surface area contributed by atoms with Crippen molar-refractivity contribution >= 4 is 17.3 Å². The summed E-state index contributed by atoms with van der Waals surface area (Å²) in [5.74, 6) is -0.693. The molecule has 1 unspecified atom stereocenters. The largest absolute Gasteiger partial charge is 0.481 e. The van der Waals surface area contributed by atoms with Gasteiger partial charge in [-0.25, -0.2) is 0 Å². The van der Waals surface area contributed by atoms with Gasteiger partial charge >= 0.3 is 5.97 Å². The molecule has 100 valence electrons. The molecule has 1 aromatic heterocycles. The second kappa shape index (κ2) is 6.02. The summed E-state index contributed by atoms with van der Waals surface area (Å²) in [5.41, 5.74) is 2.36. The van der Waals surface area contributed by atoms with Crippen LogP contribution in [-0.2, 0) is 11.2 Å². The maximum Gasteiger partial charge on any atom is 0.312 e. The van der Waals surface area contributed by atoms with Crippen molar-refractivity contribution in [1.29, 1.82) is 0 Å². The molecule has 0 amide bonds. The van der Waals surface area contributed by atoms with Gasteiger partial charge in [-0.2, -0.15) is 0 Å². The Morgan fingerprint density at radius 3 is 2.37 bits per heavy atom. The van der Waals surface area contributed by atoms with E-state index in [1.165, 1.54) is 16.9 Å². The van der Waals surface area contributed by atoms with Gasteiger partial charge in [-0.3, -0.25) is 4.79 Å². The van der Waals surface area contributed by atoms with E-state index in [0.717, 1.165) is 10.4 Å². The Labute approximate surface area is 117 Å². The van der Waals surface area contributed by atoms with Gasteiger partial charge in [0.15, 0.2) is 0 Å². The zero-order chi connectivity index (χ0) is 13.8. The number of thiophene rings is 1. The molecule has 2 nitrogen and oxygen atoms in total. The van der Waals surface area contributed by atoms with Crippen molar-refractivity contribution in [2.24, 2.45) is 0 Å². The van der Waals surface area contributed by atoms with Gasteiger partial charge < -0.3 is 5.11 Å². The number of carboxylic acids is 1. The Hall–Kier alpha value is -1.61. The summed E-state index contributed by atoms with van der Waals surface area (Å²) >= 11 is 1.51. The zero-order valence-electron chi connectivity index (χ0n) is 11.2. The Kier molecular flexibility index (Phi) is 4.38. The van der Waals surface area contributed by atoms with Gasteiger partial charge in [-0.05, 0) is 34.9 Å². The quantitative estimate of drug-likeness (QED) is 0.883. The summed E-state index contributed by atoms with van der Waals surface area (Å²) in [7, 11) is 0. The molecule has 0 aliphatic rings. The maximum atomic E-state index is 11.4. The number of hydrogen-bond donors (Lipinski definition) is 1. The van der Waals surface area contributed by atoms with Gasteiger partial charge in [-0.15, -0.1) is 11.3 Å². The standard InChI is InChI=1S/C16H18O2S/c1-11(2)13-7-5-12(6-8-13)10-14(16(17)18)15-4-3-9-19-15/h3-9,11,14H,10H2,1-2H3,(H,17,18). The van der Waals surface area contributed by atoms with Crippen LogP contribution in [0.15, 0.2) is 41.8 Å². The van der Waals surface area contributed by atoms with Gasteiger partial charge in [0.05, 0.1) is 5.92 Å². The molecule has 1 atom stereocenters. The molecule has 1 heterocycles. The van der Waals surface area contributed by atoms with Crippen LogP contribution in [0.1, 0.15) is 41.7 Å². The average molecular weight is 274 g/mol. The average Bonchev–Trinajstić information content (AvgIpc) is 2.89. The third-order valence-corrected chi connectivity index (χ3v) is 4.26. The fraction of sp³-hybridized carbons (Fsp3) is 0.312. The van der Waals surface area contributed by atoms with Gasteiger partial charge in [-0.1, -0.05) is 44.2 Å². The van der Waals surface area contributed by atoms with Crippen LogP contribution in [-0.4, -0.2) is 11.1 Å². The summed E-state index contributed by atoms with van der Waals surface area (Å²) in [6.07, 6.45) is 0.550. The fourth-order valence-corrected chi connectivity index (χ4v) is 2.89. The summed E-state index contributed by atoms with van der Waals surface area (Å²) in [5, 5.41) is 11.3. The van der Waals surface area contributed by atoms with Crippen molar-refractivity contribution in [3.05, 3.63) is 57.8 Å². The van der Waals surface area contributed by atoms with Crippen molar-refractivity contribution < 1.29 is 9.90 Å². The number of benzene rings is 1. The molecule has 0 aliphatic carbocycles. The van der Waals surface area contributed by atoms with E-state index in [-0.39, 0.29) is 0 Å². The minimum atomic E-state index is -0.754. The molecule has 1 aromatic carbocycles. The topological polar surface area (TPSA) is 37.3 Å². The molecule has 0 spiro atoms. The number of aliphatic carboxylic acids is 1. The van der Waals surface area contributed by atoms with E-state index in [9.17, 15) is 9.90 Å². The summed E-state index contributed by atoms with van der Waals surface area (Å²) in [6, 6.07) is 12.1. The van der Waals surface area contributed by atoms with Crippen LogP contribution in [0.4, 0.5) is 0 Å². The van der Waals surface area contributed by atoms with Crippen molar-refractivity contribution in [3.8, 4) is 0 Å². The SMILES string of the molecule is CC(C)c1ccc(CC(C(=O)O)c2cccs2)cc1. The Morgan fingerprint density at radius 2 is 1.89 bits per heavy atom. The molecule has 19 heavy (non-hydrogen) atoms. The van der Waals surface area contributed by atoms with Crippen LogP contribution in [0.3, 0.4) is 0 Å². The maximum absolute atomic E-state index is 11.4. The van der Waals surface area contributed by atoms with Gasteiger partial charge in [0.1, 0.15) is 0 Å². The number of hydrogen-bond acceptors (Lipinski definition) is 2. The lowest BCUT2D eigenvalue weighted by molar-refractivity contribution is -0.138. The summed E-state index contributed by atoms with van der Waals surface area (Å²) in [6.45, 7) is 4.31. The van der Waals surface area contributed by atoms with Crippen LogP contribution < -0.4 is 0 Å². The van der Waals surface area contributed by atoms with Crippen molar-refractivity contribution in [2.75, 3.05) is 0 Å². The van der Waals surface area contributed by atoms with Gasteiger partial charge in [0.2, 0.25) is 0 Å². The predicted octanol–water partition coefficient (Wildman–Crippen LogP) is 4.28. The first-order valence-corrected chi connectivity index (χ1v) is 7.31. The first-order valence-electron chi connectivity index (χ1n) is 6.43. The molecule has 0 bridgehead atoms. The monoisotopic (exact) mass is 274 g/mol. The third-order valence-electron chi connectivity index (χ3n) is 3.27. The lowest BCUT2D eigenvalue weighted by Gasteiger charge is -2.12. The lowest BCUT2D eigenvalue weighted by atomic mass is 9.95. The third kappa shape index (κ3) is 3.44. The lowest BCUT2D eigenvalue weighted by Crippen LogP contribution is -2.13. The first-order chi connectivity index (χ1) is 9.08. The zero-order valence-corrected chi connectivity index (χ0v) is 12.0. The van der Waals surface area contributed by atoms with E-state index in [1.54, 1.807) is 0 Å². The predicted molar refractivity (Wildman–Crippen MR) is 78.9 cm³/mol. The molecule has 2 rings (SSSR count). The second-order valence-electron chi connectivity index (χ2n) is 5.01. The summed E-state index contributed by atoms with van der Waals surface area (Å²) < 4.78 is 0. The highest BCUT2D eigenvalue weighted by Gasteiger charge is 2.21. The molecule has 0 aliphatic heterocycles. The smallest absolute Gasteiger partial charge is 0.312 e. The van der Waals surface area contributed by atoms with E-state index < -0.39 is 11.9 Å². The first kappa shape index (κ1) is 13.8. The Balaban J connectivity index is 2.16. The minimum absolute atomic E-state index is 0.440. The Bertz CT molecular complexity index is 526. The molecule has 0 fully saturated rings. The number of rotatable bonds is 5. The molecule has 0 saturated carbocycles. The van der Waals surface area contributed by atoms with Crippen LogP contribution in [0, 0.1) is 0 Å². The molecule has 0 saturated heterocycles.